The summed E-state index contributed by atoms with van der Waals surface area (Å²) in [6, 6.07) is 0.385. The minimum Gasteiger partial charge on any atom is -0.444 e. The van der Waals surface area contributed by atoms with Crippen LogP contribution >= 0.6 is 0 Å². The molecule has 1 rings (SSSR count). The van der Waals surface area contributed by atoms with Gasteiger partial charge in [-0.05, 0) is 58.8 Å². The predicted octanol–water partition coefficient (Wildman–Crippen LogP) is 4.21. The molecule has 1 amide bonds. The highest BCUT2D eigenvalue weighted by Crippen LogP contribution is 2.28. The molecule has 106 valence electrons. The highest BCUT2D eigenvalue weighted by molar-refractivity contribution is 5.68. The molecule has 0 aromatic carbocycles. The molecule has 3 heteroatoms. The smallest absolute Gasteiger partial charge is 0.410 e. The van der Waals surface area contributed by atoms with E-state index in [9.17, 15) is 4.79 Å². The van der Waals surface area contributed by atoms with Crippen LogP contribution in [0.5, 0.6) is 0 Å². The van der Waals surface area contributed by atoms with E-state index in [-0.39, 0.29) is 6.09 Å². The average Bonchev–Trinajstić information content (AvgIpc) is 2.25. The molecule has 0 atom stereocenters. The Balaban J connectivity index is 2.61. The largest absolute Gasteiger partial charge is 0.444 e. The average molecular weight is 255 g/mol. The van der Waals surface area contributed by atoms with Crippen LogP contribution in [0, 0.1) is 5.92 Å². The third kappa shape index (κ3) is 4.87. The zero-order chi connectivity index (χ0) is 13.8. The summed E-state index contributed by atoms with van der Waals surface area (Å²) < 4.78 is 5.52. The van der Waals surface area contributed by atoms with E-state index < -0.39 is 5.60 Å². The summed E-state index contributed by atoms with van der Waals surface area (Å²) in [7, 11) is 0. The third-order valence-corrected chi connectivity index (χ3v) is 3.52. The van der Waals surface area contributed by atoms with Crippen LogP contribution < -0.4 is 0 Å². The fourth-order valence-corrected chi connectivity index (χ4v) is 2.54. The second kappa shape index (κ2) is 6.44. The molecular formula is C15H29NO2. The van der Waals surface area contributed by atoms with Crippen LogP contribution in [-0.4, -0.2) is 29.2 Å². The van der Waals surface area contributed by atoms with Crippen molar-refractivity contribution >= 4 is 6.09 Å². The number of rotatable bonds is 3. The minimum atomic E-state index is -0.398. The summed E-state index contributed by atoms with van der Waals surface area (Å²) in [5.74, 6) is 0.809. The van der Waals surface area contributed by atoms with E-state index in [1.165, 1.54) is 12.8 Å². The van der Waals surface area contributed by atoms with E-state index in [1.54, 1.807) is 0 Å². The zero-order valence-electron chi connectivity index (χ0n) is 12.7. The Morgan fingerprint density at radius 3 is 2.22 bits per heavy atom. The Morgan fingerprint density at radius 2 is 1.78 bits per heavy atom. The number of carbonyl (C=O) groups is 1. The van der Waals surface area contributed by atoms with Crippen molar-refractivity contribution in [2.24, 2.45) is 5.92 Å². The van der Waals surface area contributed by atoms with Crippen molar-refractivity contribution in [1.82, 2.24) is 4.90 Å². The van der Waals surface area contributed by atoms with Crippen LogP contribution in [-0.2, 0) is 4.74 Å². The van der Waals surface area contributed by atoms with Gasteiger partial charge < -0.3 is 9.64 Å². The molecular weight excluding hydrogens is 226 g/mol. The Morgan fingerprint density at radius 1 is 1.22 bits per heavy atom. The van der Waals surface area contributed by atoms with Gasteiger partial charge in [-0.2, -0.15) is 0 Å². The lowest BCUT2D eigenvalue weighted by Gasteiger charge is -2.37. The highest BCUT2D eigenvalue weighted by atomic mass is 16.6. The summed E-state index contributed by atoms with van der Waals surface area (Å²) in [6.07, 6.45) is 5.57. The number of carbonyl (C=O) groups excluding carboxylic acids is 1. The van der Waals surface area contributed by atoms with E-state index >= 15 is 0 Å². The Labute approximate surface area is 112 Å². The van der Waals surface area contributed by atoms with Crippen molar-refractivity contribution in [2.45, 2.75) is 78.4 Å². The monoisotopic (exact) mass is 255 g/mol. The van der Waals surface area contributed by atoms with Gasteiger partial charge in [0.05, 0.1) is 0 Å². The van der Waals surface area contributed by atoms with Gasteiger partial charge >= 0.3 is 6.09 Å². The first-order chi connectivity index (χ1) is 8.33. The summed E-state index contributed by atoms with van der Waals surface area (Å²) in [6.45, 7) is 11.0. The fraction of sp³-hybridized carbons (Fsp3) is 0.933. The lowest BCUT2D eigenvalue weighted by atomic mass is 9.86. The maximum Gasteiger partial charge on any atom is 0.410 e. The number of amides is 1. The maximum absolute atomic E-state index is 12.2. The topological polar surface area (TPSA) is 29.5 Å². The van der Waals surface area contributed by atoms with Crippen molar-refractivity contribution < 1.29 is 9.53 Å². The molecule has 0 N–H and O–H groups in total. The Bertz CT molecular complexity index is 262. The van der Waals surface area contributed by atoms with E-state index in [1.807, 2.05) is 25.7 Å². The number of nitrogens with zero attached hydrogens (tertiary/aromatic N) is 1. The molecule has 18 heavy (non-hydrogen) atoms. The van der Waals surface area contributed by atoms with Gasteiger partial charge in [0.2, 0.25) is 0 Å². The second-order valence-electron chi connectivity index (χ2n) is 6.59. The molecule has 0 spiro atoms. The van der Waals surface area contributed by atoms with Gasteiger partial charge in [0.1, 0.15) is 5.60 Å². The van der Waals surface area contributed by atoms with E-state index in [4.69, 9.17) is 4.74 Å². The first-order valence-corrected chi connectivity index (χ1v) is 7.33. The van der Waals surface area contributed by atoms with Gasteiger partial charge in [-0.1, -0.05) is 13.8 Å². The van der Waals surface area contributed by atoms with Crippen LogP contribution in [0.3, 0.4) is 0 Å². The first kappa shape index (κ1) is 15.3. The normalized spacial score (nSPS) is 24.7. The first-order valence-electron chi connectivity index (χ1n) is 7.33. The molecule has 0 radical (unpaired) electrons. The second-order valence-corrected chi connectivity index (χ2v) is 6.59. The van der Waals surface area contributed by atoms with Crippen molar-refractivity contribution in [3.8, 4) is 0 Å². The van der Waals surface area contributed by atoms with Crippen molar-refractivity contribution in [3.63, 3.8) is 0 Å². The van der Waals surface area contributed by atoms with Gasteiger partial charge in [0.25, 0.3) is 0 Å². The van der Waals surface area contributed by atoms with Crippen LogP contribution in [0.25, 0.3) is 0 Å². The molecule has 3 nitrogen and oxygen atoms in total. The van der Waals surface area contributed by atoms with E-state index in [0.717, 1.165) is 31.7 Å². The Hall–Kier alpha value is -0.730. The quantitative estimate of drug-likeness (QED) is 0.756. The van der Waals surface area contributed by atoms with Crippen molar-refractivity contribution in [1.29, 1.82) is 0 Å². The summed E-state index contributed by atoms with van der Waals surface area (Å²) in [5, 5.41) is 0. The lowest BCUT2D eigenvalue weighted by Crippen LogP contribution is -2.45. The minimum absolute atomic E-state index is 0.135. The van der Waals surface area contributed by atoms with Crippen LogP contribution in [0.4, 0.5) is 4.79 Å². The van der Waals surface area contributed by atoms with Crippen LogP contribution in [0.1, 0.15) is 66.7 Å². The molecule has 0 aromatic rings. The lowest BCUT2D eigenvalue weighted by molar-refractivity contribution is 0.0106. The van der Waals surface area contributed by atoms with Crippen molar-refractivity contribution in [3.05, 3.63) is 0 Å². The molecule has 1 fully saturated rings. The van der Waals surface area contributed by atoms with Gasteiger partial charge in [-0.25, -0.2) is 4.79 Å². The summed E-state index contributed by atoms with van der Waals surface area (Å²) in [5.41, 5.74) is -0.398. The van der Waals surface area contributed by atoms with E-state index in [0.29, 0.717) is 6.04 Å². The predicted molar refractivity (Wildman–Crippen MR) is 74.7 cm³/mol. The number of hydrogen-bond acceptors (Lipinski definition) is 2. The molecule has 0 aliphatic heterocycles. The van der Waals surface area contributed by atoms with Crippen molar-refractivity contribution in [2.75, 3.05) is 6.54 Å². The molecule has 1 saturated carbocycles. The zero-order valence-corrected chi connectivity index (χ0v) is 12.7. The molecule has 0 unspecified atom stereocenters. The fourth-order valence-electron chi connectivity index (χ4n) is 2.54. The SMILES string of the molecule is CCCN(C(=O)OC(C)(C)C)[C@H]1CC[C@H](C)CC1. The third-order valence-electron chi connectivity index (χ3n) is 3.52. The summed E-state index contributed by atoms with van der Waals surface area (Å²) in [4.78, 5) is 14.2. The molecule has 0 aromatic heterocycles. The van der Waals surface area contributed by atoms with Gasteiger partial charge in [0, 0.05) is 12.6 Å². The molecule has 0 bridgehead atoms. The summed E-state index contributed by atoms with van der Waals surface area (Å²) >= 11 is 0. The number of hydrogen-bond donors (Lipinski definition) is 0. The van der Waals surface area contributed by atoms with Crippen LogP contribution in [0.15, 0.2) is 0 Å². The van der Waals surface area contributed by atoms with Crippen LogP contribution in [0.2, 0.25) is 0 Å². The Kier molecular flexibility index (Phi) is 5.48. The van der Waals surface area contributed by atoms with Gasteiger partial charge in [0.15, 0.2) is 0 Å². The molecule has 0 saturated heterocycles. The maximum atomic E-state index is 12.2. The highest BCUT2D eigenvalue weighted by Gasteiger charge is 2.30. The standard InChI is InChI=1S/C15H29NO2/c1-6-11-16(14(17)18-15(3,4)5)13-9-7-12(2)8-10-13/h12-13H,6-11H2,1-5H3/t12-,13-. The molecule has 1 aliphatic carbocycles. The molecule has 0 heterocycles. The van der Waals surface area contributed by atoms with Gasteiger partial charge in [-0.3, -0.25) is 0 Å². The van der Waals surface area contributed by atoms with Gasteiger partial charge in [-0.15, -0.1) is 0 Å². The molecule has 1 aliphatic rings. The number of ether oxygens (including phenoxy) is 1. The van der Waals surface area contributed by atoms with E-state index in [2.05, 4.69) is 13.8 Å².